The van der Waals surface area contributed by atoms with E-state index in [0.717, 1.165) is 39.8 Å². The zero-order valence-corrected chi connectivity index (χ0v) is 21.9. The van der Waals surface area contributed by atoms with E-state index in [1.165, 1.54) is 0 Å². The largest absolute Gasteiger partial charge is 1.00 e. The Morgan fingerprint density at radius 2 is 2.19 bits per heavy atom. The second-order valence-corrected chi connectivity index (χ2v) is 8.32. The van der Waals surface area contributed by atoms with Crippen LogP contribution in [0.5, 0.6) is 0 Å². The van der Waals surface area contributed by atoms with Gasteiger partial charge in [-0.05, 0) is 42.8 Å². The van der Waals surface area contributed by atoms with Gasteiger partial charge in [0.25, 0.3) is 5.91 Å². The maximum absolute atomic E-state index is 12.7. The Kier molecular flexibility index (Phi) is 8.82. The molecule has 2 aliphatic heterocycles. The average molecular weight is 458 g/mol. The van der Waals surface area contributed by atoms with E-state index in [9.17, 15) is 4.79 Å². The zero-order chi connectivity index (χ0) is 20.9. The van der Waals surface area contributed by atoms with E-state index in [-0.39, 0.29) is 63.3 Å². The molecule has 0 aromatic heterocycles. The van der Waals surface area contributed by atoms with E-state index in [1.54, 1.807) is 18.0 Å². The summed E-state index contributed by atoms with van der Waals surface area (Å²) in [5.41, 5.74) is 4.49. The van der Waals surface area contributed by atoms with Gasteiger partial charge in [-0.25, -0.2) is 0 Å². The van der Waals surface area contributed by atoms with Crippen LogP contribution in [0.4, 0.5) is 11.4 Å². The number of aliphatic imine (C=N–C) groups is 1. The van der Waals surface area contributed by atoms with Gasteiger partial charge in [-0.15, -0.1) is 18.0 Å². The second kappa shape index (κ2) is 11.4. The number of amides is 1. The Labute approximate surface area is 230 Å². The predicted octanol–water partition coefficient (Wildman–Crippen LogP) is 0.715. The van der Waals surface area contributed by atoms with Crippen LogP contribution in [0.1, 0.15) is 28.9 Å². The van der Waals surface area contributed by atoms with Crippen LogP contribution in [0.25, 0.3) is 0 Å². The average Bonchev–Trinajstić information content (AvgIpc) is 2.74. The van der Waals surface area contributed by atoms with Crippen molar-refractivity contribution in [1.82, 2.24) is 5.32 Å². The molecular weight excluding hydrogens is 433 g/mol. The number of nitrogens with zero attached hydrogens (tertiary/aromatic N) is 2. The van der Waals surface area contributed by atoms with Crippen LogP contribution in [-0.4, -0.2) is 41.8 Å². The van der Waals surface area contributed by atoms with Crippen LogP contribution in [-0.2, 0) is 0 Å². The number of fused-ring (bicyclic) bond motifs is 1. The summed E-state index contributed by atoms with van der Waals surface area (Å²) in [5.74, 6) is 0.901. The standard InChI is InChI=1S/C23H24N5OS.K/c1-16(24-8-9-25-20-14-28(2)15-20)17-4-3-5-19(12-17)27-23(29)18-6-7-21-22(13-18)30-11-10-26-21;/h3-7,9,12-16,24,26H,10-11H2,1-2H3,(H,27,29);/q-1;+1. The number of rotatable bonds is 6. The molecule has 0 saturated carbocycles. The molecule has 1 unspecified atom stereocenters. The van der Waals surface area contributed by atoms with E-state index in [2.05, 4.69) is 27.1 Å². The van der Waals surface area contributed by atoms with Crippen molar-refractivity contribution < 1.29 is 60.8 Å². The number of hydrogen-bond donors (Lipinski definition) is 3. The molecule has 0 bridgehead atoms. The van der Waals surface area contributed by atoms with Crippen LogP contribution < -0.4 is 67.3 Å². The molecule has 6 nitrogen and oxygen atoms in total. The summed E-state index contributed by atoms with van der Waals surface area (Å²) >= 11 is 1.77. The predicted molar refractivity (Wildman–Crippen MR) is 123 cm³/mol. The Morgan fingerprint density at radius 3 is 3.00 bits per heavy atom. The summed E-state index contributed by atoms with van der Waals surface area (Å²) in [6, 6.07) is 13.6. The molecule has 4 rings (SSSR count). The zero-order valence-electron chi connectivity index (χ0n) is 18.0. The second-order valence-electron chi connectivity index (χ2n) is 7.18. The number of nitrogens with one attached hydrogen (secondary N) is 3. The minimum absolute atomic E-state index is 0. The molecule has 2 aromatic carbocycles. The van der Waals surface area contributed by atoms with Gasteiger partial charge in [-0.3, -0.25) is 4.79 Å². The van der Waals surface area contributed by atoms with Crippen molar-refractivity contribution in [3.8, 4) is 0 Å². The van der Waals surface area contributed by atoms with Gasteiger partial charge in [-0.2, -0.15) is 0 Å². The summed E-state index contributed by atoms with van der Waals surface area (Å²) < 4.78 is 1.95. The van der Waals surface area contributed by atoms with Crippen molar-refractivity contribution in [2.75, 3.05) is 30.0 Å². The smallest absolute Gasteiger partial charge is 0.560 e. The molecule has 31 heavy (non-hydrogen) atoms. The number of hydrogen-bond acceptors (Lipinski definition) is 5. The molecule has 1 amide bonds. The number of carbonyl (C=O) groups is 1. The summed E-state index contributed by atoms with van der Waals surface area (Å²) in [5, 5.41) is 9.54. The maximum Gasteiger partial charge on any atom is 1.00 e. The quantitative estimate of drug-likeness (QED) is 0.259. The van der Waals surface area contributed by atoms with Gasteiger partial charge in [-0.1, -0.05) is 12.1 Å². The first-order valence-corrected chi connectivity index (χ1v) is 10.8. The number of benzene rings is 2. The summed E-state index contributed by atoms with van der Waals surface area (Å²) in [7, 11) is 1.96. The van der Waals surface area contributed by atoms with Crippen molar-refractivity contribution in [1.29, 1.82) is 0 Å². The van der Waals surface area contributed by atoms with Gasteiger partial charge < -0.3 is 31.7 Å². The molecule has 0 fully saturated rings. The minimum Gasteiger partial charge on any atom is -0.560 e. The van der Waals surface area contributed by atoms with Crippen LogP contribution in [0.15, 0.2) is 58.6 Å². The number of carbonyl (C=O) groups excluding carboxylic acids is 1. The number of thioether (sulfide) groups is 1. The fraction of sp³-hybridized carbons (Fsp3) is 0.217. The SMILES string of the molecule is CC(N[C-]=CN=C1C=[N+](C)[CH-]1)c1cccc(NC(=O)c2ccc3c(c2)SCCN3)c1.[K+]. The van der Waals surface area contributed by atoms with Crippen LogP contribution in [0, 0.1) is 12.7 Å². The van der Waals surface area contributed by atoms with Crippen LogP contribution >= 0.6 is 11.8 Å². The molecule has 154 valence electrons. The third-order valence-electron chi connectivity index (χ3n) is 4.81. The summed E-state index contributed by atoms with van der Waals surface area (Å²) in [6.07, 6.45) is 6.56. The van der Waals surface area contributed by atoms with Gasteiger partial charge in [0.2, 0.25) is 0 Å². The molecule has 0 radical (unpaired) electrons. The molecule has 2 aromatic rings. The Bertz CT molecular complexity index is 1050. The van der Waals surface area contributed by atoms with E-state index < -0.39 is 0 Å². The molecular formula is C23H24KN5OS. The first kappa shape index (κ1) is 24.1. The van der Waals surface area contributed by atoms with Crippen LogP contribution in [0.3, 0.4) is 0 Å². The fourth-order valence-electron chi connectivity index (χ4n) is 3.19. The van der Waals surface area contributed by atoms with E-state index in [0.29, 0.717) is 5.56 Å². The number of anilines is 2. The maximum atomic E-state index is 12.7. The van der Waals surface area contributed by atoms with Crippen molar-refractivity contribution >= 4 is 41.0 Å². The molecule has 8 heteroatoms. The van der Waals surface area contributed by atoms with Gasteiger partial charge in [0.15, 0.2) is 0 Å². The Morgan fingerprint density at radius 1 is 1.35 bits per heavy atom. The summed E-state index contributed by atoms with van der Waals surface area (Å²) in [6.45, 7) is 4.93. The molecule has 2 heterocycles. The molecule has 3 N–H and O–H groups in total. The fourth-order valence-corrected chi connectivity index (χ4v) is 4.12. The van der Waals surface area contributed by atoms with E-state index in [1.807, 2.05) is 73.8 Å². The van der Waals surface area contributed by atoms with Crippen LogP contribution in [0.2, 0.25) is 0 Å². The molecule has 0 spiro atoms. The first-order valence-electron chi connectivity index (χ1n) is 9.83. The first-order chi connectivity index (χ1) is 14.6. The van der Waals surface area contributed by atoms with Gasteiger partial charge in [0, 0.05) is 40.2 Å². The van der Waals surface area contributed by atoms with Crippen molar-refractivity contribution in [3.05, 3.63) is 72.5 Å². The van der Waals surface area contributed by atoms with E-state index in [4.69, 9.17) is 0 Å². The van der Waals surface area contributed by atoms with Crippen molar-refractivity contribution in [3.63, 3.8) is 0 Å². The van der Waals surface area contributed by atoms with Gasteiger partial charge in [0.1, 0.15) is 7.05 Å². The normalized spacial score (nSPS) is 16.7. The molecule has 0 aliphatic carbocycles. The third kappa shape index (κ3) is 6.47. The summed E-state index contributed by atoms with van der Waals surface area (Å²) in [4.78, 5) is 18.1. The third-order valence-corrected chi connectivity index (χ3v) is 5.87. The van der Waals surface area contributed by atoms with Crippen molar-refractivity contribution in [2.24, 2.45) is 4.99 Å². The minimum atomic E-state index is -0.109. The monoisotopic (exact) mass is 457 g/mol. The Balaban J connectivity index is 0.00000272. The van der Waals surface area contributed by atoms with E-state index >= 15 is 0 Å². The molecule has 2 aliphatic rings. The topological polar surface area (TPSA) is 68.5 Å². The molecule has 1 atom stereocenters. The van der Waals surface area contributed by atoms with Gasteiger partial charge in [0.05, 0.1) is 18.5 Å². The van der Waals surface area contributed by atoms with Crippen molar-refractivity contribution in [2.45, 2.75) is 17.9 Å². The van der Waals surface area contributed by atoms with Gasteiger partial charge >= 0.3 is 51.4 Å². The Hall–Kier alpha value is -1.55. The molecule has 0 saturated heterocycles.